The molecular weight excluding hydrogens is 190 g/mol. The van der Waals surface area contributed by atoms with Crippen LogP contribution in [0.4, 0.5) is 0 Å². The molecule has 0 radical (unpaired) electrons. The maximum Gasteiger partial charge on any atom is 0.304 e. The highest BCUT2D eigenvalue weighted by Crippen LogP contribution is 2.08. The minimum Gasteiger partial charge on any atom is -0.465 e. The number of aromatic nitrogens is 1. The van der Waals surface area contributed by atoms with Crippen LogP contribution in [0, 0.1) is 6.92 Å². The second-order valence-corrected chi connectivity index (χ2v) is 3.72. The summed E-state index contributed by atoms with van der Waals surface area (Å²) in [5.41, 5.74) is 0.863. The minimum absolute atomic E-state index is 0.0599. The van der Waals surface area contributed by atoms with Crippen LogP contribution in [0.1, 0.15) is 17.5 Å². The van der Waals surface area contributed by atoms with E-state index in [1.165, 1.54) is 6.92 Å². The van der Waals surface area contributed by atoms with Gasteiger partial charge in [-0.15, -0.1) is 0 Å². The molecule has 0 aliphatic heterocycles. The SMILES string of the molecule is CC(=O)OCCc1sc(=O)[nH]c1C. The quantitative estimate of drug-likeness (QED) is 0.737. The van der Waals surface area contributed by atoms with Crippen LogP contribution >= 0.6 is 11.3 Å². The fourth-order valence-electron chi connectivity index (χ4n) is 0.963. The number of hydrogen-bond donors (Lipinski definition) is 1. The third-order valence-corrected chi connectivity index (χ3v) is 2.60. The number of carbonyl (C=O) groups is 1. The molecular formula is C8H11NO3S. The molecule has 0 aliphatic carbocycles. The van der Waals surface area contributed by atoms with Crippen molar-refractivity contribution >= 4 is 17.3 Å². The van der Waals surface area contributed by atoms with Crippen LogP contribution in [-0.2, 0) is 16.0 Å². The van der Waals surface area contributed by atoms with Gasteiger partial charge in [-0.1, -0.05) is 11.3 Å². The molecule has 1 aromatic rings. The van der Waals surface area contributed by atoms with Crippen molar-refractivity contribution in [3.63, 3.8) is 0 Å². The van der Waals surface area contributed by atoms with Gasteiger partial charge in [-0.2, -0.15) is 0 Å². The molecule has 0 amide bonds. The lowest BCUT2D eigenvalue weighted by molar-refractivity contribution is -0.140. The van der Waals surface area contributed by atoms with E-state index < -0.39 is 0 Å². The summed E-state index contributed by atoms with van der Waals surface area (Å²) in [5, 5.41) is 0. The first-order valence-corrected chi connectivity index (χ1v) is 4.73. The average molecular weight is 201 g/mol. The molecule has 1 N–H and O–H groups in total. The number of thiazole rings is 1. The summed E-state index contributed by atoms with van der Waals surface area (Å²) < 4.78 is 4.76. The largest absolute Gasteiger partial charge is 0.465 e. The molecule has 0 aromatic carbocycles. The molecule has 0 bridgehead atoms. The van der Waals surface area contributed by atoms with Gasteiger partial charge in [0.1, 0.15) is 0 Å². The summed E-state index contributed by atoms with van der Waals surface area (Å²) in [6.07, 6.45) is 0.606. The highest BCUT2D eigenvalue weighted by molar-refractivity contribution is 7.09. The number of ether oxygens (including phenoxy) is 1. The number of rotatable bonds is 3. The van der Waals surface area contributed by atoms with Crippen LogP contribution in [0.15, 0.2) is 4.79 Å². The molecule has 0 spiro atoms. The summed E-state index contributed by atoms with van der Waals surface area (Å²) in [5.74, 6) is -0.291. The molecule has 0 atom stereocenters. The number of hydrogen-bond acceptors (Lipinski definition) is 4. The molecule has 0 fully saturated rings. The second kappa shape index (κ2) is 4.23. The highest BCUT2D eigenvalue weighted by atomic mass is 32.1. The molecule has 0 aliphatic rings. The average Bonchev–Trinajstić information content (AvgIpc) is 2.29. The monoisotopic (exact) mass is 201 g/mol. The van der Waals surface area contributed by atoms with Crippen molar-refractivity contribution < 1.29 is 9.53 Å². The molecule has 5 heteroatoms. The van der Waals surface area contributed by atoms with Gasteiger partial charge in [-0.25, -0.2) is 0 Å². The summed E-state index contributed by atoms with van der Waals surface area (Å²) in [6, 6.07) is 0. The Morgan fingerprint density at radius 1 is 1.62 bits per heavy atom. The van der Waals surface area contributed by atoms with E-state index >= 15 is 0 Å². The van der Waals surface area contributed by atoms with Crippen LogP contribution < -0.4 is 4.87 Å². The van der Waals surface area contributed by atoms with Crippen molar-refractivity contribution in [3.05, 3.63) is 20.2 Å². The lowest BCUT2D eigenvalue weighted by atomic mass is 10.3. The van der Waals surface area contributed by atoms with Crippen molar-refractivity contribution in [1.82, 2.24) is 4.98 Å². The highest BCUT2D eigenvalue weighted by Gasteiger charge is 2.03. The molecule has 1 heterocycles. The molecule has 0 saturated heterocycles. The molecule has 1 rings (SSSR count). The van der Waals surface area contributed by atoms with Gasteiger partial charge in [-0.05, 0) is 6.92 Å². The van der Waals surface area contributed by atoms with E-state index in [0.717, 1.165) is 21.9 Å². The zero-order valence-corrected chi connectivity index (χ0v) is 8.36. The maximum atomic E-state index is 10.9. The number of H-pyrrole nitrogens is 1. The fourth-order valence-corrected chi connectivity index (χ4v) is 1.78. The Morgan fingerprint density at radius 3 is 2.77 bits per heavy atom. The van der Waals surface area contributed by atoms with Gasteiger partial charge in [0, 0.05) is 23.9 Å². The topological polar surface area (TPSA) is 59.2 Å². The van der Waals surface area contributed by atoms with Crippen molar-refractivity contribution in [2.24, 2.45) is 0 Å². The Balaban J connectivity index is 2.50. The van der Waals surface area contributed by atoms with Crippen LogP contribution in [0.3, 0.4) is 0 Å². The van der Waals surface area contributed by atoms with Gasteiger partial charge in [-0.3, -0.25) is 9.59 Å². The third kappa shape index (κ3) is 3.02. The summed E-state index contributed by atoms with van der Waals surface area (Å²) in [6.45, 7) is 3.54. The first-order valence-electron chi connectivity index (χ1n) is 3.91. The zero-order chi connectivity index (χ0) is 9.84. The predicted octanol–water partition coefficient (Wildman–Crippen LogP) is 0.850. The summed E-state index contributed by atoms with van der Waals surface area (Å²) in [4.78, 5) is 24.9. The van der Waals surface area contributed by atoms with Crippen molar-refractivity contribution in [2.75, 3.05) is 6.61 Å². The predicted molar refractivity (Wildman–Crippen MR) is 50.0 cm³/mol. The summed E-state index contributed by atoms with van der Waals surface area (Å²) >= 11 is 1.16. The van der Waals surface area contributed by atoms with Gasteiger partial charge in [0.15, 0.2) is 0 Å². The Morgan fingerprint density at radius 2 is 2.31 bits per heavy atom. The normalized spacial score (nSPS) is 10.0. The fraction of sp³-hybridized carbons (Fsp3) is 0.500. The lowest BCUT2D eigenvalue weighted by Crippen LogP contribution is -2.02. The van der Waals surface area contributed by atoms with E-state index in [-0.39, 0.29) is 10.8 Å². The number of aryl methyl sites for hydroxylation is 1. The van der Waals surface area contributed by atoms with E-state index in [1.807, 2.05) is 6.92 Å². The van der Waals surface area contributed by atoms with Crippen molar-refractivity contribution in [3.8, 4) is 0 Å². The molecule has 0 unspecified atom stereocenters. The molecule has 1 aromatic heterocycles. The van der Waals surface area contributed by atoms with E-state index in [9.17, 15) is 9.59 Å². The molecule has 4 nitrogen and oxygen atoms in total. The van der Waals surface area contributed by atoms with Crippen molar-refractivity contribution in [1.29, 1.82) is 0 Å². The molecule has 72 valence electrons. The minimum atomic E-state index is -0.291. The number of nitrogens with one attached hydrogen (secondary N) is 1. The standard InChI is InChI=1S/C8H11NO3S/c1-5-7(13-8(11)9-5)3-4-12-6(2)10/h3-4H2,1-2H3,(H,9,11). The molecule has 0 saturated carbocycles. The van der Waals surface area contributed by atoms with Gasteiger partial charge >= 0.3 is 10.8 Å². The summed E-state index contributed by atoms with van der Waals surface area (Å²) in [7, 11) is 0. The Hall–Kier alpha value is -1.10. The zero-order valence-electron chi connectivity index (χ0n) is 7.55. The number of esters is 1. The van der Waals surface area contributed by atoms with Gasteiger partial charge in [0.2, 0.25) is 0 Å². The second-order valence-electron chi connectivity index (χ2n) is 2.65. The van der Waals surface area contributed by atoms with Gasteiger partial charge in [0.05, 0.1) is 6.61 Å². The smallest absolute Gasteiger partial charge is 0.304 e. The van der Waals surface area contributed by atoms with Crippen LogP contribution in [0.25, 0.3) is 0 Å². The Labute approximate surface area is 79.6 Å². The van der Waals surface area contributed by atoms with Crippen LogP contribution in [0.2, 0.25) is 0 Å². The van der Waals surface area contributed by atoms with E-state index in [2.05, 4.69) is 4.98 Å². The maximum absolute atomic E-state index is 10.9. The molecule has 13 heavy (non-hydrogen) atoms. The third-order valence-electron chi connectivity index (χ3n) is 1.56. The van der Waals surface area contributed by atoms with Crippen LogP contribution in [0.5, 0.6) is 0 Å². The van der Waals surface area contributed by atoms with Crippen LogP contribution in [-0.4, -0.2) is 17.6 Å². The number of aromatic amines is 1. The Bertz CT molecular complexity index is 353. The Kier molecular flexibility index (Phi) is 3.25. The lowest BCUT2D eigenvalue weighted by Gasteiger charge is -1.99. The van der Waals surface area contributed by atoms with Gasteiger partial charge < -0.3 is 9.72 Å². The number of carbonyl (C=O) groups excluding carboxylic acids is 1. The van der Waals surface area contributed by atoms with Crippen molar-refractivity contribution in [2.45, 2.75) is 20.3 Å². The van der Waals surface area contributed by atoms with Gasteiger partial charge in [0.25, 0.3) is 0 Å². The van der Waals surface area contributed by atoms with E-state index in [0.29, 0.717) is 13.0 Å². The first-order chi connectivity index (χ1) is 6.09. The van der Waals surface area contributed by atoms with E-state index in [1.54, 1.807) is 0 Å². The first kappa shape index (κ1) is 9.98. The van der Waals surface area contributed by atoms with E-state index in [4.69, 9.17) is 4.74 Å².